The molecule has 0 aliphatic rings. The van der Waals surface area contributed by atoms with Gasteiger partial charge in [-0.25, -0.2) is 9.78 Å². The predicted octanol–water partition coefficient (Wildman–Crippen LogP) is -2.22. The van der Waals surface area contributed by atoms with Crippen molar-refractivity contribution in [2.24, 2.45) is 28.1 Å². The van der Waals surface area contributed by atoms with E-state index in [-0.39, 0.29) is 38.2 Å². The second-order valence-electron chi connectivity index (χ2n) is 9.10. The monoisotopic (exact) mass is 553 g/mol. The van der Waals surface area contributed by atoms with Gasteiger partial charge in [0, 0.05) is 31.3 Å². The molecule has 1 heterocycles. The van der Waals surface area contributed by atoms with Crippen molar-refractivity contribution in [2.45, 2.75) is 76.5 Å². The first-order chi connectivity index (χ1) is 18.3. The van der Waals surface area contributed by atoms with Gasteiger partial charge in [0.1, 0.15) is 18.1 Å². The molecule has 1 aromatic heterocycles. The predicted molar refractivity (Wildman–Crippen MR) is 140 cm³/mol. The lowest BCUT2D eigenvalue weighted by atomic mass is 9.98. The van der Waals surface area contributed by atoms with Crippen LogP contribution >= 0.6 is 0 Å². The standard InChI is InChI=1S/C23H39N9O7/c1-3-12(2)18(22(38)39)32-21(37)15(5-4-8-28-23(25)26)31-20(36)16(6-7-17(33)34)30-19(35)14(24)9-13-10-27-11-29-13/h10-12,14-16,18H,3-9,24H2,1-2H3,(H,27,29)(H,30,35)(H,31,36)(H,32,37)(H,33,34)(H,38,39)(H4,25,26,28). The van der Waals surface area contributed by atoms with E-state index < -0.39 is 66.2 Å². The van der Waals surface area contributed by atoms with Gasteiger partial charge >= 0.3 is 11.9 Å². The Kier molecular flexibility index (Phi) is 14.0. The lowest BCUT2D eigenvalue weighted by Gasteiger charge is -2.26. The Morgan fingerprint density at radius 2 is 1.64 bits per heavy atom. The highest BCUT2D eigenvalue weighted by molar-refractivity contribution is 5.94. The number of hydrogen-bond acceptors (Lipinski definition) is 8. The molecule has 0 bridgehead atoms. The summed E-state index contributed by atoms with van der Waals surface area (Å²) in [6.07, 6.45) is 3.00. The van der Waals surface area contributed by atoms with E-state index in [9.17, 15) is 29.1 Å². The Bertz CT molecular complexity index is 996. The van der Waals surface area contributed by atoms with Crippen LogP contribution in [0, 0.1) is 5.92 Å². The molecule has 5 atom stereocenters. The second-order valence-corrected chi connectivity index (χ2v) is 9.10. The topological polar surface area (TPSA) is 281 Å². The molecule has 0 aromatic carbocycles. The van der Waals surface area contributed by atoms with Crippen molar-refractivity contribution in [1.29, 1.82) is 0 Å². The molecule has 0 fully saturated rings. The van der Waals surface area contributed by atoms with Gasteiger partial charge in [-0.05, 0) is 25.2 Å². The molecular formula is C23H39N9O7. The van der Waals surface area contributed by atoms with Gasteiger partial charge in [-0.3, -0.25) is 24.2 Å². The van der Waals surface area contributed by atoms with Crippen LogP contribution in [0.15, 0.2) is 17.5 Å². The number of nitrogens with one attached hydrogen (secondary N) is 4. The zero-order chi connectivity index (χ0) is 29.5. The maximum Gasteiger partial charge on any atom is 0.326 e. The van der Waals surface area contributed by atoms with Gasteiger partial charge < -0.3 is 48.3 Å². The number of rotatable bonds is 18. The maximum atomic E-state index is 13.2. The van der Waals surface area contributed by atoms with Gasteiger partial charge in [0.25, 0.3) is 0 Å². The number of aromatic amines is 1. The fourth-order valence-electron chi connectivity index (χ4n) is 3.52. The summed E-state index contributed by atoms with van der Waals surface area (Å²) in [5, 5.41) is 26.0. The summed E-state index contributed by atoms with van der Waals surface area (Å²) >= 11 is 0. The van der Waals surface area contributed by atoms with E-state index >= 15 is 0 Å². The van der Waals surface area contributed by atoms with Crippen molar-refractivity contribution in [3.8, 4) is 0 Å². The Morgan fingerprint density at radius 3 is 2.18 bits per heavy atom. The van der Waals surface area contributed by atoms with E-state index in [2.05, 4.69) is 30.9 Å². The first-order valence-corrected chi connectivity index (χ1v) is 12.5. The van der Waals surface area contributed by atoms with Crippen molar-refractivity contribution in [2.75, 3.05) is 6.54 Å². The first-order valence-electron chi connectivity index (χ1n) is 12.5. The van der Waals surface area contributed by atoms with Gasteiger partial charge in [0.2, 0.25) is 17.7 Å². The summed E-state index contributed by atoms with van der Waals surface area (Å²) in [5.74, 6) is -5.31. The minimum absolute atomic E-state index is 0.0279. The van der Waals surface area contributed by atoms with Crippen molar-refractivity contribution >= 4 is 35.6 Å². The molecule has 1 aromatic rings. The number of hydrogen-bond donors (Lipinski definition) is 9. The number of imidazole rings is 1. The smallest absolute Gasteiger partial charge is 0.326 e. The highest BCUT2D eigenvalue weighted by Gasteiger charge is 2.32. The largest absolute Gasteiger partial charge is 0.481 e. The van der Waals surface area contributed by atoms with Crippen LogP contribution in [0.1, 0.15) is 51.6 Å². The molecule has 16 nitrogen and oxygen atoms in total. The number of carboxylic acids is 2. The van der Waals surface area contributed by atoms with Gasteiger partial charge in [0.15, 0.2) is 5.96 Å². The lowest BCUT2D eigenvalue weighted by molar-refractivity contribution is -0.144. The molecule has 218 valence electrons. The minimum Gasteiger partial charge on any atom is -0.481 e. The number of amides is 3. The Morgan fingerprint density at radius 1 is 1.03 bits per heavy atom. The molecule has 3 amide bonds. The quantitative estimate of drug-likeness (QED) is 0.0533. The lowest BCUT2D eigenvalue weighted by Crippen LogP contribution is -2.58. The minimum atomic E-state index is -1.33. The average molecular weight is 554 g/mol. The molecule has 1 rings (SSSR count). The van der Waals surface area contributed by atoms with E-state index in [0.29, 0.717) is 12.1 Å². The highest BCUT2D eigenvalue weighted by Crippen LogP contribution is 2.10. The van der Waals surface area contributed by atoms with Crippen molar-refractivity contribution in [1.82, 2.24) is 25.9 Å². The van der Waals surface area contributed by atoms with Crippen LogP contribution < -0.4 is 33.2 Å². The van der Waals surface area contributed by atoms with Gasteiger partial charge in [0.05, 0.1) is 12.4 Å². The number of aliphatic imine (C=N–C) groups is 1. The molecule has 39 heavy (non-hydrogen) atoms. The molecule has 0 saturated heterocycles. The van der Waals surface area contributed by atoms with Crippen molar-refractivity contribution in [3.05, 3.63) is 18.2 Å². The summed E-state index contributed by atoms with van der Waals surface area (Å²) in [4.78, 5) is 72.2. The summed E-state index contributed by atoms with van der Waals surface area (Å²) in [6.45, 7) is 3.57. The van der Waals surface area contributed by atoms with Crippen LogP contribution in [-0.4, -0.2) is 86.5 Å². The molecule has 0 aliphatic heterocycles. The number of carbonyl (C=O) groups excluding carboxylic acids is 3. The number of aliphatic carboxylic acids is 2. The van der Waals surface area contributed by atoms with Crippen molar-refractivity contribution in [3.63, 3.8) is 0 Å². The molecule has 0 spiro atoms. The number of carbonyl (C=O) groups is 5. The number of guanidine groups is 1. The Hall–Kier alpha value is -4.21. The van der Waals surface area contributed by atoms with Crippen LogP contribution in [0.25, 0.3) is 0 Å². The zero-order valence-electron chi connectivity index (χ0n) is 22.1. The van der Waals surface area contributed by atoms with E-state index in [4.69, 9.17) is 22.3 Å². The van der Waals surface area contributed by atoms with Gasteiger partial charge in [-0.15, -0.1) is 0 Å². The molecular weight excluding hydrogens is 514 g/mol. The molecule has 0 aliphatic carbocycles. The van der Waals surface area contributed by atoms with Crippen LogP contribution in [0.2, 0.25) is 0 Å². The zero-order valence-corrected chi connectivity index (χ0v) is 22.1. The molecule has 0 radical (unpaired) electrons. The van der Waals surface area contributed by atoms with Crippen molar-refractivity contribution < 1.29 is 34.2 Å². The third-order valence-corrected chi connectivity index (χ3v) is 5.97. The first kappa shape index (κ1) is 32.8. The van der Waals surface area contributed by atoms with E-state index in [1.165, 1.54) is 12.5 Å². The fraction of sp³-hybridized carbons (Fsp3) is 0.609. The highest BCUT2D eigenvalue weighted by atomic mass is 16.4. The van der Waals surface area contributed by atoms with Crippen LogP contribution in [-0.2, 0) is 30.4 Å². The summed E-state index contributed by atoms with van der Waals surface area (Å²) in [6, 6.07) is -4.83. The van der Waals surface area contributed by atoms with Crippen LogP contribution in [0.4, 0.5) is 0 Å². The normalized spacial score (nSPS) is 14.6. The molecule has 5 unspecified atom stereocenters. The van der Waals surface area contributed by atoms with E-state index in [0.717, 1.165) is 0 Å². The molecule has 0 saturated carbocycles. The summed E-state index contributed by atoms with van der Waals surface area (Å²) in [5.41, 5.74) is 17.1. The maximum absolute atomic E-state index is 13.2. The summed E-state index contributed by atoms with van der Waals surface area (Å²) < 4.78 is 0. The van der Waals surface area contributed by atoms with Crippen LogP contribution in [0.5, 0.6) is 0 Å². The number of aromatic nitrogens is 2. The number of H-pyrrole nitrogens is 1. The fourth-order valence-corrected chi connectivity index (χ4v) is 3.52. The number of nitrogens with two attached hydrogens (primary N) is 3. The second kappa shape index (κ2) is 16.6. The SMILES string of the molecule is CCC(C)C(NC(=O)C(CCCN=C(N)N)NC(=O)C(CCC(=O)O)NC(=O)C(N)Cc1cnc[nH]1)C(=O)O. The average Bonchev–Trinajstić information content (AvgIpc) is 3.38. The Labute approximate surface area is 225 Å². The summed E-state index contributed by atoms with van der Waals surface area (Å²) in [7, 11) is 0. The Balaban J connectivity index is 3.06. The van der Waals surface area contributed by atoms with E-state index in [1.807, 2.05) is 0 Å². The number of nitrogens with zero attached hydrogens (tertiary/aromatic N) is 2. The van der Waals surface area contributed by atoms with Crippen LogP contribution in [0.3, 0.4) is 0 Å². The molecule has 12 N–H and O–H groups in total. The van der Waals surface area contributed by atoms with Gasteiger partial charge in [-0.2, -0.15) is 0 Å². The van der Waals surface area contributed by atoms with Gasteiger partial charge in [-0.1, -0.05) is 20.3 Å². The molecule has 16 heteroatoms. The van der Waals surface area contributed by atoms with E-state index in [1.54, 1.807) is 13.8 Å². The third-order valence-electron chi connectivity index (χ3n) is 5.97. The number of carboxylic acid groups (broad SMARTS) is 2. The third kappa shape index (κ3) is 12.3.